The second-order valence-corrected chi connectivity index (χ2v) is 2.74. The highest BCUT2D eigenvalue weighted by Crippen LogP contribution is 2.18. The van der Waals surface area contributed by atoms with Gasteiger partial charge in [0.15, 0.2) is 6.23 Å². The van der Waals surface area contributed by atoms with Crippen molar-refractivity contribution in [2.24, 2.45) is 4.99 Å². The summed E-state index contributed by atoms with van der Waals surface area (Å²) < 4.78 is 0. The quantitative estimate of drug-likeness (QED) is 0.500. The molecular formula is C4H7NOS. The third-order valence-corrected chi connectivity index (χ3v) is 1.83. The number of thioether (sulfide) groups is 1. The molecule has 0 spiro atoms. The van der Waals surface area contributed by atoms with Crippen LogP contribution in [0.25, 0.3) is 0 Å². The van der Waals surface area contributed by atoms with Gasteiger partial charge in [-0.15, -0.1) is 11.8 Å². The number of hydrogen-bond acceptors (Lipinski definition) is 3. The first kappa shape index (κ1) is 5.12. The Bertz CT molecular complexity index is 93.7. The molecule has 2 atom stereocenters. The Morgan fingerprint density at radius 2 is 2.57 bits per heavy atom. The number of aliphatic hydroxyl groups excluding tert-OH is 1. The molecule has 0 fully saturated rings. The van der Waals surface area contributed by atoms with Gasteiger partial charge in [0.1, 0.15) is 0 Å². The first-order chi connectivity index (χ1) is 3.30. The van der Waals surface area contributed by atoms with Gasteiger partial charge >= 0.3 is 0 Å². The van der Waals surface area contributed by atoms with Gasteiger partial charge in [-0.05, 0) is 6.92 Å². The fraction of sp³-hybridized carbons (Fsp3) is 0.750. The van der Waals surface area contributed by atoms with Crippen LogP contribution in [-0.4, -0.2) is 22.1 Å². The molecule has 3 heteroatoms. The van der Waals surface area contributed by atoms with Crippen LogP contribution in [0.1, 0.15) is 6.92 Å². The number of aliphatic imine (C=N–C) groups is 1. The van der Waals surface area contributed by atoms with Crippen LogP contribution in [0.3, 0.4) is 0 Å². The average Bonchev–Trinajstić information content (AvgIpc) is 1.91. The van der Waals surface area contributed by atoms with Crippen molar-refractivity contribution in [2.75, 3.05) is 0 Å². The second kappa shape index (κ2) is 1.84. The minimum atomic E-state index is -0.454. The third-order valence-electron chi connectivity index (χ3n) is 0.909. The van der Waals surface area contributed by atoms with Crippen LogP contribution in [0.5, 0.6) is 0 Å². The fourth-order valence-electron chi connectivity index (χ4n) is 0.385. The number of hydrogen-bond donors (Lipinski definition) is 1. The predicted octanol–water partition coefficient (Wildman–Crippen LogP) is 0.468. The lowest BCUT2D eigenvalue weighted by Crippen LogP contribution is -2.11. The van der Waals surface area contributed by atoms with Gasteiger partial charge in [0.05, 0.1) is 10.8 Å². The highest BCUT2D eigenvalue weighted by atomic mass is 32.2. The average molecular weight is 117 g/mol. The summed E-state index contributed by atoms with van der Waals surface area (Å²) in [7, 11) is 0. The van der Waals surface area contributed by atoms with Crippen LogP contribution in [0.4, 0.5) is 0 Å². The Hall–Kier alpha value is -0.0200. The zero-order valence-corrected chi connectivity index (χ0v) is 4.85. The summed E-state index contributed by atoms with van der Waals surface area (Å²) in [5.74, 6) is 0. The Morgan fingerprint density at radius 1 is 1.86 bits per heavy atom. The molecule has 0 aliphatic carbocycles. The fourth-order valence-corrected chi connectivity index (χ4v) is 0.983. The second-order valence-electron chi connectivity index (χ2n) is 1.51. The van der Waals surface area contributed by atoms with E-state index in [0.717, 1.165) is 0 Å². The third kappa shape index (κ3) is 0.951. The lowest BCUT2D eigenvalue weighted by Gasteiger charge is -2.01. The van der Waals surface area contributed by atoms with Crippen LogP contribution < -0.4 is 0 Å². The summed E-state index contributed by atoms with van der Waals surface area (Å²) in [5, 5.41) is 9.04. The van der Waals surface area contributed by atoms with Gasteiger partial charge in [0.2, 0.25) is 0 Å². The molecule has 0 aromatic rings. The molecule has 1 aliphatic heterocycles. The maximum Gasteiger partial charge on any atom is 0.157 e. The van der Waals surface area contributed by atoms with Crippen molar-refractivity contribution in [1.29, 1.82) is 0 Å². The summed E-state index contributed by atoms with van der Waals surface area (Å²) in [5.41, 5.74) is 1.69. The lowest BCUT2D eigenvalue weighted by molar-refractivity contribution is 0.190. The van der Waals surface area contributed by atoms with Crippen LogP contribution in [-0.2, 0) is 0 Å². The summed E-state index contributed by atoms with van der Waals surface area (Å²) in [4.78, 5) is 3.71. The van der Waals surface area contributed by atoms with E-state index in [1.165, 1.54) is 0 Å². The molecule has 7 heavy (non-hydrogen) atoms. The van der Waals surface area contributed by atoms with Crippen molar-refractivity contribution in [3.63, 3.8) is 0 Å². The topological polar surface area (TPSA) is 32.6 Å². The largest absolute Gasteiger partial charge is 0.371 e. The molecule has 1 N–H and O–H groups in total. The molecule has 2 unspecified atom stereocenters. The van der Waals surface area contributed by atoms with Crippen molar-refractivity contribution in [3.8, 4) is 0 Å². The Kier molecular flexibility index (Phi) is 1.35. The minimum Gasteiger partial charge on any atom is -0.371 e. The van der Waals surface area contributed by atoms with Crippen molar-refractivity contribution in [1.82, 2.24) is 0 Å². The van der Waals surface area contributed by atoms with E-state index in [2.05, 4.69) is 4.99 Å². The number of aliphatic hydroxyl groups is 1. The van der Waals surface area contributed by atoms with Crippen LogP contribution in [0.2, 0.25) is 0 Å². The highest BCUT2D eigenvalue weighted by Gasteiger charge is 2.15. The van der Waals surface area contributed by atoms with Gasteiger partial charge in [0, 0.05) is 0 Å². The SMILES string of the molecule is CC1SC=NC1O. The van der Waals surface area contributed by atoms with Crippen LogP contribution >= 0.6 is 11.8 Å². The monoisotopic (exact) mass is 117 g/mol. The van der Waals surface area contributed by atoms with Crippen LogP contribution in [0.15, 0.2) is 4.99 Å². The molecule has 1 rings (SSSR count). The first-order valence-electron chi connectivity index (χ1n) is 2.16. The van der Waals surface area contributed by atoms with E-state index in [1.807, 2.05) is 6.92 Å². The van der Waals surface area contributed by atoms with Gasteiger partial charge in [-0.3, -0.25) is 4.99 Å². The molecule has 0 saturated heterocycles. The van der Waals surface area contributed by atoms with E-state index in [1.54, 1.807) is 17.3 Å². The van der Waals surface area contributed by atoms with E-state index < -0.39 is 6.23 Å². The zero-order chi connectivity index (χ0) is 5.28. The zero-order valence-electron chi connectivity index (χ0n) is 4.03. The standard InChI is InChI=1S/C4H7NOS/c1-3-4(6)5-2-7-3/h2-4,6H,1H3. The number of rotatable bonds is 0. The van der Waals surface area contributed by atoms with E-state index in [-0.39, 0.29) is 5.25 Å². The molecule has 0 aromatic carbocycles. The van der Waals surface area contributed by atoms with E-state index in [9.17, 15) is 0 Å². The van der Waals surface area contributed by atoms with Gasteiger partial charge in [-0.25, -0.2) is 0 Å². The molecule has 1 aliphatic rings. The molecule has 0 aromatic heterocycles. The van der Waals surface area contributed by atoms with E-state index in [4.69, 9.17) is 5.11 Å². The van der Waals surface area contributed by atoms with Gasteiger partial charge in [-0.2, -0.15) is 0 Å². The molecule has 0 saturated carbocycles. The van der Waals surface area contributed by atoms with E-state index in [0.29, 0.717) is 0 Å². The normalized spacial score (nSPS) is 39.7. The Balaban J connectivity index is 2.45. The summed E-state index contributed by atoms with van der Waals surface area (Å²) in [6.07, 6.45) is -0.454. The summed E-state index contributed by atoms with van der Waals surface area (Å²) in [6.45, 7) is 1.95. The van der Waals surface area contributed by atoms with Gasteiger partial charge < -0.3 is 5.11 Å². The van der Waals surface area contributed by atoms with Crippen molar-refractivity contribution in [3.05, 3.63) is 0 Å². The first-order valence-corrected chi connectivity index (χ1v) is 3.10. The molecule has 0 radical (unpaired) electrons. The smallest absolute Gasteiger partial charge is 0.157 e. The molecule has 40 valence electrons. The van der Waals surface area contributed by atoms with E-state index >= 15 is 0 Å². The molecular weight excluding hydrogens is 110 g/mol. The highest BCUT2D eigenvalue weighted by molar-refractivity contribution is 8.12. The molecule has 0 bridgehead atoms. The lowest BCUT2D eigenvalue weighted by atomic mass is 10.4. The molecule has 2 nitrogen and oxygen atoms in total. The minimum absolute atomic E-state index is 0.264. The van der Waals surface area contributed by atoms with Gasteiger partial charge in [0.25, 0.3) is 0 Å². The Labute approximate surface area is 46.6 Å². The van der Waals surface area contributed by atoms with Crippen molar-refractivity contribution in [2.45, 2.75) is 18.4 Å². The number of nitrogens with zero attached hydrogens (tertiary/aromatic N) is 1. The molecule has 0 amide bonds. The summed E-state index contributed by atoms with van der Waals surface area (Å²) in [6, 6.07) is 0. The van der Waals surface area contributed by atoms with Crippen LogP contribution in [0, 0.1) is 0 Å². The summed E-state index contributed by atoms with van der Waals surface area (Å²) >= 11 is 1.56. The maximum absolute atomic E-state index is 8.78. The predicted molar refractivity (Wildman–Crippen MR) is 31.6 cm³/mol. The maximum atomic E-state index is 8.78. The van der Waals surface area contributed by atoms with Crippen molar-refractivity contribution < 1.29 is 5.11 Å². The van der Waals surface area contributed by atoms with Crippen molar-refractivity contribution >= 4 is 17.3 Å². The van der Waals surface area contributed by atoms with Gasteiger partial charge in [-0.1, -0.05) is 0 Å². The molecule has 1 heterocycles. The Morgan fingerprint density at radius 3 is 2.71 bits per heavy atom.